The Balaban J connectivity index is 1.65. The average molecular weight is 296 g/mol. The summed E-state index contributed by atoms with van der Waals surface area (Å²) in [5.74, 6) is 0.0161. The van der Waals surface area contributed by atoms with Crippen LogP contribution >= 0.6 is 0 Å². The molecular weight excluding hydrogens is 280 g/mol. The minimum atomic E-state index is -0.267. The van der Waals surface area contributed by atoms with E-state index in [1.54, 1.807) is 21.9 Å². The van der Waals surface area contributed by atoms with Crippen LogP contribution in [-0.2, 0) is 13.1 Å². The van der Waals surface area contributed by atoms with E-state index in [-0.39, 0.29) is 11.9 Å². The molecule has 0 aliphatic rings. The van der Waals surface area contributed by atoms with Gasteiger partial charge < -0.3 is 0 Å². The highest BCUT2D eigenvalue weighted by atomic mass is 16.1. The van der Waals surface area contributed by atoms with Gasteiger partial charge in [0.15, 0.2) is 0 Å². The summed E-state index contributed by atoms with van der Waals surface area (Å²) in [6.45, 7) is 3.29. The van der Waals surface area contributed by atoms with E-state index in [0.29, 0.717) is 12.1 Å². The summed E-state index contributed by atoms with van der Waals surface area (Å²) in [7, 11) is 0. The number of anilines is 1. The second-order valence-electron chi connectivity index (χ2n) is 4.79. The van der Waals surface area contributed by atoms with Crippen LogP contribution in [0, 0.1) is 0 Å². The SMILES string of the molecule is CCn1cc(C(=O)Nc2ncn(Cc3ccccc3)n2)cn1. The summed E-state index contributed by atoms with van der Waals surface area (Å²) in [4.78, 5) is 16.2. The molecule has 0 spiro atoms. The molecule has 0 saturated heterocycles. The van der Waals surface area contributed by atoms with Crippen LogP contribution in [0.4, 0.5) is 5.95 Å². The molecule has 7 nitrogen and oxygen atoms in total. The Morgan fingerprint density at radius 2 is 2.05 bits per heavy atom. The number of aromatic nitrogens is 5. The number of rotatable bonds is 5. The van der Waals surface area contributed by atoms with Gasteiger partial charge in [0.2, 0.25) is 5.95 Å². The standard InChI is InChI=1S/C15H16N6O/c1-2-20-10-13(8-17-20)14(22)18-15-16-11-21(19-15)9-12-6-4-3-5-7-12/h3-8,10-11H,2,9H2,1H3,(H,18,19,22). The average Bonchev–Trinajstić information content (AvgIpc) is 3.17. The van der Waals surface area contributed by atoms with Gasteiger partial charge in [-0.05, 0) is 12.5 Å². The zero-order chi connectivity index (χ0) is 15.4. The zero-order valence-electron chi connectivity index (χ0n) is 12.2. The van der Waals surface area contributed by atoms with Crippen LogP contribution in [0.1, 0.15) is 22.8 Å². The van der Waals surface area contributed by atoms with Crippen molar-refractivity contribution >= 4 is 11.9 Å². The fourth-order valence-corrected chi connectivity index (χ4v) is 2.03. The monoisotopic (exact) mass is 296 g/mol. The highest BCUT2D eigenvalue weighted by Crippen LogP contribution is 2.05. The molecule has 2 heterocycles. The minimum absolute atomic E-state index is 0.267. The Labute approximate surface area is 127 Å². The Morgan fingerprint density at radius 1 is 1.23 bits per heavy atom. The summed E-state index contributed by atoms with van der Waals surface area (Å²) in [5.41, 5.74) is 1.61. The van der Waals surface area contributed by atoms with Crippen molar-refractivity contribution in [3.63, 3.8) is 0 Å². The van der Waals surface area contributed by atoms with Crippen molar-refractivity contribution < 1.29 is 4.79 Å². The first-order valence-electron chi connectivity index (χ1n) is 7.02. The van der Waals surface area contributed by atoms with Crippen LogP contribution in [-0.4, -0.2) is 30.5 Å². The zero-order valence-corrected chi connectivity index (χ0v) is 12.2. The molecule has 3 aromatic rings. The van der Waals surface area contributed by atoms with Gasteiger partial charge in [-0.25, -0.2) is 9.67 Å². The maximum atomic E-state index is 12.1. The lowest BCUT2D eigenvalue weighted by molar-refractivity contribution is 0.102. The number of hydrogen-bond donors (Lipinski definition) is 1. The Kier molecular flexibility index (Phi) is 3.95. The van der Waals surface area contributed by atoms with Gasteiger partial charge in [0, 0.05) is 12.7 Å². The molecule has 1 amide bonds. The number of benzene rings is 1. The Morgan fingerprint density at radius 3 is 2.77 bits per heavy atom. The maximum Gasteiger partial charge on any atom is 0.261 e. The molecule has 0 radical (unpaired) electrons. The van der Waals surface area contributed by atoms with Crippen molar-refractivity contribution in [2.75, 3.05) is 5.32 Å². The van der Waals surface area contributed by atoms with Gasteiger partial charge >= 0.3 is 0 Å². The van der Waals surface area contributed by atoms with Crippen molar-refractivity contribution in [1.29, 1.82) is 0 Å². The topological polar surface area (TPSA) is 77.6 Å². The number of hydrogen-bond acceptors (Lipinski definition) is 4. The van der Waals surface area contributed by atoms with E-state index >= 15 is 0 Å². The summed E-state index contributed by atoms with van der Waals surface area (Å²) in [6.07, 6.45) is 4.81. The van der Waals surface area contributed by atoms with Gasteiger partial charge in [0.25, 0.3) is 5.91 Å². The van der Waals surface area contributed by atoms with Crippen molar-refractivity contribution in [1.82, 2.24) is 24.5 Å². The first kappa shape index (κ1) is 14.0. The van der Waals surface area contributed by atoms with Gasteiger partial charge in [-0.1, -0.05) is 30.3 Å². The first-order chi connectivity index (χ1) is 10.7. The summed E-state index contributed by atoms with van der Waals surface area (Å²) < 4.78 is 3.37. The molecule has 0 unspecified atom stereocenters. The number of carbonyl (C=O) groups excluding carboxylic acids is 1. The predicted octanol–water partition coefficient (Wildman–Crippen LogP) is 1.80. The first-order valence-corrected chi connectivity index (χ1v) is 7.02. The molecule has 0 saturated carbocycles. The third kappa shape index (κ3) is 3.20. The lowest BCUT2D eigenvalue weighted by atomic mass is 10.2. The van der Waals surface area contributed by atoms with Gasteiger partial charge in [-0.15, -0.1) is 5.10 Å². The highest BCUT2D eigenvalue weighted by molar-refractivity contribution is 6.02. The Hall–Kier alpha value is -2.96. The van der Waals surface area contributed by atoms with E-state index in [0.717, 1.165) is 12.1 Å². The second kappa shape index (κ2) is 6.21. The fraction of sp³-hybridized carbons (Fsp3) is 0.200. The molecular formula is C15H16N6O. The van der Waals surface area contributed by atoms with Crippen LogP contribution in [0.3, 0.4) is 0 Å². The third-order valence-corrected chi connectivity index (χ3v) is 3.17. The van der Waals surface area contributed by atoms with Crippen molar-refractivity contribution in [2.45, 2.75) is 20.0 Å². The number of amides is 1. The van der Waals surface area contributed by atoms with Gasteiger partial charge in [-0.2, -0.15) is 5.10 Å². The molecule has 1 aromatic carbocycles. The van der Waals surface area contributed by atoms with E-state index in [1.807, 2.05) is 37.3 Å². The number of carbonyl (C=O) groups is 1. The molecule has 0 fully saturated rings. The normalized spacial score (nSPS) is 10.6. The van der Waals surface area contributed by atoms with E-state index < -0.39 is 0 Å². The molecule has 22 heavy (non-hydrogen) atoms. The molecule has 0 bridgehead atoms. The highest BCUT2D eigenvalue weighted by Gasteiger charge is 2.11. The Bertz CT molecular complexity index is 761. The molecule has 7 heteroatoms. The van der Waals surface area contributed by atoms with Crippen molar-refractivity contribution in [2.24, 2.45) is 0 Å². The summed E-state index contributed by atoms with van der Waals surface area (Å²) in [6, 6.07) is 9.94. The predicted molar refractivity (Wildman–Crippen MR) is 81.4 cm³/mol. The number of aryl methyl sites for hydroxylation is 1. The third-order valence-electron chi connectivity index (χ3n) is 3.17. The molecule has 3 rings (SSSR count). The number of nitrogens with one attached hydrogen (secondary N) is 1. The van der Waals surface area contributed by atoms with E-state index in [9.17, 15) is 4.79 Å². The molecule has 112 valence electrons. The molecule has 0 atom stereocenters. The van der Waals surface area contributed by atoms with E-state index in [2.05, 4.69) is 20.5 Å². The molecule has 2 aromatic heterocycles. The minimum Gasteiger partial charge on any atom is -0.289 e. The second-order valence-corrected chi connectivity index (χ2v) is 4.79. The van der Waals surface area contributed by atoms with Gasteiger partial charge in [0.1, 0.15) is 6.33 Å². The van der Waals surface area contributed by atoms with Crippen molar-refractivity contribution in [3.05, 3.63) is 60.2 Å². The maximum absolute atomic E-state index is 12.1. The number of nitrogens with zero attached hydrogens (tertiary/aromatic N) is 5. The molecule has 0 aliphatic heterocycles. The van der Waals surface area contributed by atoms with Gasteiger partial charge in [0.05, 0.1) is 18.3 Å². The van der Waals surface area contributed by atoms with E-state index in [4.69, 9.17) is 0 Å². The molecule has 0 aliphatic carbocycles. The molecule has 1 N–H and O–H groups in total. The largest absolute Gasteiger partial charge is 0.289 e. The lowest BCUT2D eigenvalue weighted by Gasteiger charge is -2.00. The fourth-order valence-electron chi connectivity index (χ4n) is 2.03. The lowest BCUT2D eigenvalue weighted by Crippen LogP contribution is -2.13. The van der Waals surface area contributed by atoms with Crippen LogP contribution in [0.25, 0.3) is 0 Å². The summed E-state index contributed by atoms with van der Waals surface area (Å²) >= 11 is 0. The quantitative estimate of drug-likeness (QED) is 0.778. The smallest absolute Gasteiger partial charge is 0.261 e. The van der Waals surface area contributed by atoms with Gasteiger partial charge in [-0.3, -0.25) is 14.8 Å². The van der Waals surface area contributed by atoms with Crippen LogP contribution in [0.15, 0.2) is 49.1 Å². The van der Waals surface area contributed by atoms with E-state index in [1.165, 1.54) is 6.20 Å². The van der Waals surface area contributed by atoms with Crippen LogP contribution in [0.2, 0.25) is 0 Å². The van der Waals surface area contributed by atoms with Crippen molar-refractivity contribution in [3.8, 4) is 0 Å². The summed E-state index contributed by atoms with van der Waals surface area (Å²) in [5, 5.41) is 11.0. The van der Waals surface area contributed by atoms with Crippen LogP contribution < -0.4 is 5.32 Å². The van der Waals surface area contributed by atoms with Crippen LogP contribution in [0.5, 0.6) is 0 Å².